The van der Waals surface area contributed by atoms with E-state index in [2.05, 4.69) is 15.0 Å². The minimum absolute atomic E-state index is 0.104. The van der Waals surface area contributed by atoms with E-state index >= 15 is 0 Å². The molecule has 0 unspecified atom stereocenters. The van der Waals surface area contributed by atoms with Gasteiger partial charge in [-0.1, -0.05) is 0 Å². The van der Waals surface area contributed by atoms with Crippen molar-refractivity contribution in [1.82, 2.24) is 19.9 Å². The molecule has 2 fully saturated rings. The number of rotatable bonds is 3. The van der Waals surface area contributed by atoms with Gasteiger partial charge in [-0.3, -0.25) is 19.7 Å². The number of likely N-dealkylation sites (tertiary alicyclic amines) is 1. The van der Waals surface area contributed by atoms with Gasteiger partial charge in [0.2, 0.25) is 0 Å². The Kier molecular flexibility index (Phi) is 4.44. The number of carbonyl (C=O) groups is 1. The number of aromatic nitrogens is 3. The minimum atomic E-state index is 0.104. The van der Waals surface area contributed by atoms with Crippen molar-refractivity contribution in [2.24, 2.45) is 5.41 Å². The monoisotopic (exact) mass is 338 g/mol. The first-order valence-electron chi connectivity index (χ1n) is 8.80. The Balaban J connectivity index is 1.33. The third-order valence-electron chi connectivity index (χ3n) is 5.38. The Hall–Kier alpha value is -2.34. The molecule has 0 radical (unpaired) electrons. The average molecular weight is 338 g/mol. The summed E-state index contributed by atoms with van der Waals surface area (Å²) in [5, 5.41) is 0. The molecule has 2 aromatic heterocycles. The first kappa shape index (κ1) is 16.1. The van der Waals surface area contributed by atoms with Crippen molar-refractivity contribution in [3.05, 3.63) is 54.4 Å². The molecule has 2 aromatic rings. The highest BCUT2D eigenvalue weighted by Gasteiger charge is 2.43. The van der Waals surface area contributed by atoms with Crippen LogP contribution >= 0.6 is 0 Å². The maximum Gasteiger partial charge on any atom is 0.253 e. The molecule has 4 rings (SSSR count). The number of carbonyl (C=O) groups excluding carboxylic acids is 1. The van der Waals surface area contributed by atoms with Gasteiger partial charge in [-0.15, -0.1) is 0 Å². The maximum atomic E-state index is 12.6. The Morgan fingerprint density at radius 1 is 1.16 bits per heavy atom. The van der Waals surface area contributed by atoms with E-state index in [1.54, 1.807) is 36.9 Å². The number of hydrogen-bond acceptors (Lipinski definition) is 5. The smallest absolute Gasteiger partial charge is 0.253 e. The van der Waals surface area contributed by atoms with Gasteiger partial charge >= 0.3 is 0 Å². The lowest BCUT2D eigenvalue weighted by Crippen LogP contribution is -2.43. The third kappa shape index (κ3) is 3.54. The van der Waals surface area contributed by atoms with Crippen LogP contribution in [0.3, 0.4) is 0 Å². The van der Waals surface area contributed by atoms with Crippen LogP contribution in [0.1, 0.15) is 35.3 Å². The van der Waals surface area contributed by atoms with E-state index in [9.17, 15) is 4.79 Å². The molecule has 6 nitrogen and oxygen atoms in total. The van der Waals surface area contributed by atoms with E-state index in [1.165, 1.54) is 0 Å². The molecule has 6 heteroatoms. The molecule has 2 saturated heterocycles. The van der Waals surface area contributed by atoms with Crippen molar-refractivity contribution < 1.29 is 9.53 Å². The Labute approximate surface area is 147 Å². The van der Waals surface area contributed by atoms with Crippen molar-refractivity contribution in [2.75, 3.05) is 19.7 Å². The molecule has 25 heavy (non-hydrogen) atoms. The molecule has 0 aromatic carbocycles. The van der Waals surface area contributed by atoms with Crippen LogP contribution in [-0.2, 0) is 11.2 Å². The molecular formula is C19H22N4O2. The number of ether oxygens (including phenoxy) is 1. The summed E-state index contributed by atoms with van der Waals surface area (Å²) in [6.07, 6.45) is 12.6. The molecule has 4 heterocycles. The van der Waals surface area contributed by atoms with Gasteiger partial charge in [0.05, 0.1) is 18.4 Å². The number of nitrogens with zero attached hydrogens (tertiary/aromatic N) is 4. The number of piperidine rings is 1. The summed E-state index contributed by atoms with van der Waals surface area (Å²) in [5.74, 6) is 0.104. The summed E-state index contributed by atoms with van der Waals surface area (Å²) in [7, 11) is 0. The normalized spacial score (nSPS) is 22.2. The van der Waals surface area contributed by atoms with Crippen molar-refractivity contribution in [3.8, 4) is 0 Å². The summed E-state index contributed by atoms with van der Waals surface area (Å²) >= 11 is 0. The van der Waals surface area contributed by atoms with Gasteiger partial charge < -0.3 is 9.64 Å². The Morgan fingerprint density at radius 2 is 1.96 bits per heavy atom. The molecule has 1 amide bonds. The van der Waals surface area contributed by atoms with Gasteiger partial charge in [-0.05, 0) is 36.8 Å². The largest absolute Gasteiger partial charge is 0.377 e. The van der Waals surface area contributed by atoms with Gasteiger partial charge in [0.15, 0.2) is 0 Å². The summed E-state index contributed by atoms with van der Waals surface area (Å²) in [4.78, 5) is 27.0. The first-order valence-corrected chi connectivity index (χ1v) is 8.80. The van der Waals surface area contributed by atoms with E-state index < -0.39 is 0 Å². The molecule has 130 valence electrons. The highest BCUT2D eigenvalue weighted by molar-refractivity contribution is 5.94. The van der Waals surface area contributed by atoms with E-state index in [4.69, 9.17) is 4.74 Å². The first-order chi connectivity index (χ1) is 12.2. The quantitative estimate of drug-likeness (QED) is 0.857. The van der Waals surface area contributed by atoms with Gasteiger partial charge in [0.1, 0.15) is 0 Å². The molecule has 0 N–H and O–H groups in total. The zero-order valence-corrected chi connectivity index (χ0v) is 14.2. The van der Waals surface area contributed by atoms with Crippen LogP contribution in [0.25, 0.3) is 0 Å². The average Bonchev–Trinajstić information content (AvgIpc) is 3.05. The fourth-order valence-electron chi connectivity index (χ4n) is 3.90. The highest BCUT2D eigenvalue weighted by Crippen LogP contribution is 2.42. The highest BCUT2D eigenvalue weighted by atomic mass is 16.5. The fraction of sp³-hybridized carbons (Fsp3) is 0.474. The van der Waals surface area contributed by atoms with Crippen molar-refractivity contribution >= 4 is 5.91 Å². The van der Waals surface area contributed by atoms with E-state index in [0.29, 0.717) is 5.56 Å². The van der Waals surface area contributed by atoms with Crippen LogP contribution in [0.5, 0.6) is 0 Å². The second-order valence-corrected chi connectivity index (χ2v) is 7.07. The SMILES string of the molecule is O=C(c1ccncc1)N1CCC2(CC1)CO[C@H](Cc1cnccn1)C2. The summed E-state index contributed by atoms with van der Waals surface area (Å²) in [5.41, 5.74) is 1.91. The Bertz CT molecular complexity index is 715. The summed E-state index contributed by atoms with van der Waals surface area (Å²) < 4.78 is 6.05. The third-order valence-corrected chi connectivity index (χ3v) is 5.38. The summed E-state index contributed by atoms with van der Waals surface area (Å²) in [6, 6.07) is 3.56. The van der Waals surface area contributed by atoms with Crippen LogP contribution < -0.4 is 0 Å². The van der Waals surface area contributed by atoms with Crippen LogP contribution in [0.15, 0.2) is 43.1 Å². The lowest BCUT2D eigenvalue weighted by Gasteiger charge is -2.38. The minimum Gasteiger partial charge on any atom is -0.377 e. The van der Waals surface area contributed by atoms with Gasteiger partial charge in [0.25, 0.3) is 5.91 Å². The molecule has 0 bridgehead atoms. The van der Waals surface area contributed by atoms with Crippen molar-refractivity contribution in [2.45, 2.75) is 31.8 Å². The zero-order chi connectivity index (χ0) is 17.1. The van der Waals surface area contributed by atoms with Crippen molar-refractivity contribution in [3.63, 3.8) is 0 Å². The van der Waals surface area contributed by atoms with E-state index in [1.807, 2.05) is 11.1 Å². The standard InChI is InChI=1S/C19H22N4O2/c24-18(15-1-5-20-6-2-15)23-9-3-19(4-10-23)12-17(25-14-19)11-16-13-21-7-8-22-16/h1-2,5-8,13,17H,3-4,9-12,14H2/t17-/m1/s1. The molecular weight excluding hydrogens is 316 g/mol. The van der Waals surface area contributed by atoms with Crippen LogP contribution in [-0.4, -0.2) is 51.6 Å². The molecule has 0 aliphatic carbocycles. The molecule has 1 spiro atoms. The van der Waals surface area contributed by atoms with Crippen molar-refractivity contribution in [1.29, 1.82) is 0 Å². The van der Waals surface area contributed by atoms with Crippen LogP contribution in [0.4, 0.5) is 0 Å². The maximum absolute atomic E-state index is 12.6. The fourth-order valence-corrected chi connectivity index (χ4v) is 3.90. The lowest BCUT2D eigenvalue weighted by atomic mass is 9.76. The summed E-state index contributed by atoms with van der Waals surface area (Å²) in [6.45, 7) is 2.37. The van der Waals surface area contributed by atoms with Gasteiger partial charge in [0, 0.05) is 56.1 Å². The predicted octanol–water partition coefficient (Wildman–Crippen LogP) is 2.13. The predicted molar refractivity (Wildman–Crippen MR) is 91.9 cm³/mol. The van der Waals surface area contributed by atoms with Gasteiger partial charge in [-0.2, -0.15) is 0 Å². The van der Waals surface area contributed by atoms with E-state index in [0.717, 1.165) is 51.1 Å². The number of amides is 1. The Morgan fingerprint density at radius 3 is 2.68 bits per heavy atom. The second kappa shape index (κ2) is 6.88. The topological polar surface area (TPSA) is 68.2 Å². The van der Waals surface area contributed by atoms with Gasteiger partial charge in [-0.25, -0.2) is 0 Å². The molecule has 0 saturated carbocycles. The molecule has 2 aliphatic heterocycles. The second-order valence-electron chi connectivity index (χ2n) is 7.07. The molecule has 2 aliphatic rings. The number of hydrogen-bond donors (Lipinski definition) is 0. The van der Waals surface area contributed by atoms with E-state index in [-0.39, 0.29) is 17.4 Å². The number of pyridine rings is 1. The zero-order valence-electron chi connectivity index (χ0n) is 14.2. The van der Waals surface area contributed by atoms with Crippen LogP contribution in [0, 0.1) is 5.41 Å². The lowest BCUT2D eigenvalue weighted by molar-refractivity contribution is 0.0495. The molecule has 1 atom stereocenters. The van der Waals surface area contributed by atoms with Crippen LogP contribution in [0.2, 0.25) is 0 Å².